The van der Waals surface area contributed by atoms with Crippen molar-refractivity contribution in [2.24, 2.45) is 5.14 Å². The summed E-state index contributed by atoms with van der Waals surface area (Å²) in [4.78, 5) is 4.14. The number of nitrogens with zero attached hydrogens (tertiary/aromatic N) is 2. The van der Waals surface area contributed by atoms with Crippen LogP contribution in [0.2, 0.25) is 10.0 Å². The Labute approximate surface area is 237 Å². The lowest BCUT2D eigenvalue weighted by molar-refractivity contribution is 0.00655. The summed E-state index contributed by atoms with van der Waals surface area (Å²) in [5.74, 6) is 0. The Hall–Kier alpha value is -1.78. The maximum Gasteiger partial charge on any atom is 0.238 e. The molecule has 2 atom stereocenters. The average Bonchev–Trinajstić information content (AvgIpc) is 3.29. The van der Waals surface area contributed by atoms with Crippen LogP contribution in [0.5, 0.6) is 0 Å². The molecular weight excluding hydrogens is 609 g/mol. The van der Waals surface area contributed by atoms with Crippen molar-refractivity contribution in [2.45, 2.75) is 29.7 Å². The third-order valence-electron chi connectivity index (χ3n) is 5.56. The molecule has 0 fully saturated rings. The normalized spacial score (nSPS) is 15.0. The van der Waals surface area contributed by atoms with Crippen LogP contribution in [0.3, 0.4) is 0 Å². The Morgan fingerprint density at radius 3 is 2.00 bits per heavy atom. The van der Waals surface area contributed by atoms with E-state index in [2.05, 4.69) is 4.90 Å². The van der Waals surface area contributed by atoms with Gasteiger partial charge in [-0.05, 0) is 53.1 Å². The molecule has 0 bridgehead atoms. The number of benzene rings is 3. The minimum Gasteiger partial charge on any atom is -0.365 e. The number of primary sulfonamides is 1. The highest BCUT2D eigenvalue weighted by Crippen LogP contribution is 2.32. The number of nitrogens with two attached hydrogens (primary N) is 1. The average molecular weight is 634 g/mol. The molecule has 6 nitrogen and oxygen atoms in total. The molecule has 1 heterocycles. The van der Waals surface area contributed by atoms with Crippen LogP contribution < -0.4 is 5.14 Å². The molecule has 3 aromatic carbocycles. The number of ether oxygens (including phenoxy) is 1. The van der Waals surface area contributed by atoms with E-state index in [-0.39, 0.29) is 21.9 Å². The van der Waals surface area contributed by atoms with Crippen molar-refractivity contribution in [3.05, 3.63) is 112 Å². The fraction of sp³-hybridized carbons (Fsp3) is 0.200. The third-order valence-corrected chi connectivity index (χ3v) is 7.47. The van der Waals surface area contributed by atoms with Crippen molar-refractivity contribution >= 4 is 61.8 Å². The first-order valence-corrected chi connectivity index (χ1v) is 13.5. The summed E-state index contributed by atoms with van der Waals surface area (Å²) in [5, 5.41) is 6.48. The van der Waals surface area contributed by atoms with Crippen LogP contribution in [-0.4, -0.2) is 30.4 Å². The lowest BCUT2D eigenvalue weighted by Crippen LogP contribution is -2.35. The first kappa shape index (κ1) is 28.8. The van der Waals surface area contributed by atoms with E-state index in [1.54, 1.807) is 12.1 Å². The second-order valence-electron chi connectivity index (χ2n) is 8.17. The van der Waals surface area contributed by atoms with Gasteiger partial charge in [0.15, 0.2) is 0 Å². The largest absolute Gasteiger partial charge is 0.365 e. The molecule has 3 aromatic rings. The SMILES string of the molecule is Br.NS(=O)(=O)c1ccc(CN2C=CN(C(Cl)C(OCc3ccc(Cl)cc3)c3ccc(Cl)cc3)C2)cc1. The molecule has 0 spiro atoms. The zero-order valence-corrected chi connectivity index (χ0v) is 23.8. The number of sulfonamides is 1. The van der Waals surface area contributed by atoms with Crippen molar-refractivity contribution in [3.8, 4) is 0 Å². The maximum absolute atomic E-state index is 11.5. The van der Waals surface area contributed by atoms with E-state index in [1.807, 2.05) is 65.8 Å². The van der Waals surface area contributed by atoms with Crippen molar-refractivity contribution in [1.82, 2.24) is 9.80 Å². The Kier molecular flexibility index (Phi) is 10.1. The van der Waals surface area contributed by atoms with Gasteiger partial charge in [-0.1, -0.05) is 71.2 Å². The molecule has 2 unspecified atom stereocenters. The summed E-state index contributed by atoms with van der Waals surface area (Å²) in [7, 11) is -3.72. The molecule has 1 aliphatic heterocycles. The van der Waals surface area contributed by atoms with Crippen LogP contribution in [0, 0.1) is 0 Å². The quantitative estimate of drug-likeness (QED) is 0.222. The summed E-state index contributed by atoms with van der Waals surface area (Å²) in [6, 6.07) is 21.5. The summed E-state index contributed by atoms with van der Waals surface area (Å²) < 4.78 is 29.2. The molecule has 4 rings (SSSR count). The highest BCUT2D eigenvalue weighted by atomic mass is 79.9. The summed E-state index contributed by atoms with van der Waals surface area (Å²) >= 11 is 19.0. The highest BCUT2D eigenvalue weighted by Gasteiger charge is 2.29. The monoisotopic (exact) mass is 631 g/mol. The molecule has 0 amide bonds. The fourth-order valence-electron chi connectivity index (χ4n) is 3.69. The zero-order valence-electron chi connectivity index (χ0n) is 19.0. The van der Waals surface area contributed by atoms with E-state index in [0.29, 0.717) is 29.9 Å². The molecule has 11 heteroatoms. The topological polar surface area (TPSA) is 75.9 Å². The summed E-state index contributed by atoms with van der Waals surface area (Å²) in [6.45, 7) is 1.49. The van der Waals surface area contributed by atoms with Gasteiger partial charge in [-0.2, -0.15) is 0 Å². The first-order valence-electron chi connectivity index (χ1n) is 10.7. The number of rotatable bonds is 9. The molecular formula is C25H25BrCl3N3O3S. The molecule has 192 valence electrons. The minimum atomic E-state index is -3.72. The summed E-state index contributed by atoms with van der Waals surface area (Å²) in [6.07, 6.45) is 3.44. The highest BCUT2D eigenvalue weighted by molar-refractivity contribution is 8.93. The van der Waals surface area contributed by atoms with E-state index >= 15 is 0 Å². The molecule has 0 radical (unpaired) electrons. The van der Waals surface area contributed by atoms with E-state index in [0.717, 1.165) is 16.7 Å². The summed E-state index contributed by atoms with van der Waals surface area (Å²) in [5.41, 5.74) is 2.35. The number of alkyl halides is 1. The molecule has 0 saturated heterocycles. The van der Waals surface area contributed by atoms with Gasteiger partial charge in [-0.25, -0.2) is 13.6 Å². The molecule has 0 aliphatic carbocycles. The number of hydrogen-bond donors (Lipinski definition) is 1. The van der Waals surface area contributed by atoms with Crippen LogP contribution >= 0.6 is 51.8 Å². The van der Waals surface area contributed by atoms with E-state index in [4.69, 9.17) is 44.7 Å². The first-order chi connectivity index (χ1) is 16.7. The Balaban J connectivity index is 0.00000361. The second-order valence-corrected chi connectivity index (χ2v) is 11.1. The smallest absolute Gasteiger partial charge is 0.238 e. The van der Waals surface area contributed by atoms with Crippen molar-refractivity contribution < 1.29 is 13.2 Å². The molecule has 36 heavy (non-hydrogen) atoms. The van der Waals surface area contributed by atoms with Gasteiger partial charge in [0, 0.05) is 29.0 Å². The predicted molar refractivity (Wildman–Crippen MR) is 150 cm³/mol. The lowest BCUT2D eigenvalue weighted by Gasteiger charge is -2.31. The van der Waals surface area contributed by atoms with Crippen molar-refractivity contribution in [1.29, 1.82) is 0 Å². The predicted octanol–water partition coefficient (Wildman–Crippen LogP) is 6.29. The van der Waals surface area contributed by atoms with Gasteiger partial charge in [0.1, 0.15) is 11.6 Å². The number of halogens is 4. The Morgan fingerprint density at radius 2 is 1.42 bits per heavy atom. The van der Waals surface area contributed by atoms with Crippen LogP contribution in [-0.2, 0) is 27.9 Å². The van der Waals surface area contributed by atoms with Crippen molar-refractivity contribution in [3.63, 3.8) is 0 Å². The standard InChI is InChI=1S/C25H24Cl3N3O3S.BrH/c26-21-7-1-19(2-8-21)16-34-24(20-5-9-22(27)10-6-20)25(28)31-14-13-30(17-31)15-18-3-11-23(12-4-18)35(29,32)33;/h1-14,24-25H,15-17H2,(H2,29,32,33);1H. The number of hydrogen-bond acceptors (Lipinski definition) is 5. The van der Waals surface area contributed by atoms with Gasteiger partial charge >= 0.3 is 0 Å². The van der Waals surface area contributed by atoms with Gasteiger partial charge in [0.05, 0.1) is 18.2 Å². The van der Waals surface area contributed by atoms with Gasteiger partial charge in [0.2, 0.25) is 10.0 Å². The van der Waals surface area contributed by atoms with Crippen LogP contribution in [0.4, 0.5) is 0 Å². The molecule has 0 aromatic heterocycles. The Bertz CT molecular complexity index is 1270. The van der Waals surface area contributed by atoms with Gasteiger partial charge in [-0.3, -0.25) is 0 Å². The van der Waals surface area contributed by atoms with Crippen LogP contribution in [0.1, 0.15) is 22.8 Å². The Morgan fingerprint density at radius 1 is 0.861 bits per heavy atom. The molecule has 0 saturated carbocycles. The lowest BCUT2D eigenvalue weighted by atomic mass is 10.1. The van der Waals surface area contributed by atoms with Gasteiger partial charge in [0.25, 0.3) is 0 Å². The van der Waals surface area contributed by atoms with E-state index in [1.165, 1.54) is 12.1 Å². The fourth-order valence-corrected chi connectivity index (χ4v) is 4.81. The van der Waals surface area contributed by atoms with E-state index < -0.39 is 21.6 Å². The van der Waals surface area contributed by atoms with Crippen molar-refractivity contribution in [2.75, 3.05) is 6.67 Å². The molecule has 2 N–H and O–H groups in total. The van der Waals surface area contributed by atoms with Crippen LogP contribution in [0.15, 0.2) is 90.1 Å². The van der Waals surface area contributed by atoms with Gasteiger partial charge < -0.3 is 14.5 Å². The zero-order chi connectivity index (χ0) is 25.0. The minimum absolute atomic E-state index is 0. The second kappa shape index (κ2) is 12.6. The third kappa shape index (κ3) is 7.61. The van der Waals surface area contributed by atoms with Gasteiger partial charge in [-0.15, -0.1) is 17.0 Å². The van der Waals surface area contributed by atoms with Crippen LogP contribution in [0.25, 0.3) is 0 Å². The van der Waals surface area contributed by atoms with E-state index in [9.17, 15) is 8.42 Å². The maximum atomic E-state index is 11.5. The molecule has 1 aliphatic rings.